The van der Waals surface area contributed by atoms with E-state index < -0.39 is 0 Å². The van der Waals surface area contributed by atoms with Gasteiger partial charge in [-0.2, -0.15) is 5.10 Å². The van der Waals surface area contributed by atoms with Crippen molar-refractivity contribution in [2.45, 2.75) is 39.2 Å². The number of esters is 1. The number of fused-ring (bicyclic) bond motifs is 2. The van der Waals surface area contributed by atoms with Crippen molar-refractivity contribution in [2.75, 3.05) is 5.43 Å². The lowest BCUT2D eigenvalue weighted by Crippen LogP contribution is -2.26. The van der Waals surface area contributed by atoms with Crippen molar-refractivity contribution in [1.82, 2.24) is 0 Å². The van der Waals surface area contributed by atoms with Crippen LogP contribution in [0.5, 0.6) is 0 Å². The zero-order valence-corrected chi connectivity index (χ0v) is 11.9. The van der Waals surface area contributed by atoms with Crippen LogP contribution in [0.15, 0.2) is 29.4 Å². The van der Waals surface area contributed by atoms with Gasteiger partial charge in [-0.15, -0.1) is 0 Å². The molecular weight excluding hydrogens is 252 g/mol. The van der Waals surface area contributed by atoms with Gasteiger partial charge in [0, 0.05) is 24.5 Å². The Bertz CT molecular complexity index is 536. The molecule has 0 radical (unpaired) electrons. The zero-order valence-electron chi connectivity index (χ0n) is 11.9. The molecule has 0 aromatic heterocycles. The van der Waals surface area contributed by atoms with Crippen molar-refractivity contribution in [2.24, 2.45) is 16.9 Å². The summed E-state index contributed by atoms with van der Waals surface area (Å²) in [7, 11) is 0. The van der Waals surface area contributed by atoms with E-state index >= 15 is 0 Å². The van der Waals surface area contributed by atoms with Crippen LogP contribution in [-0.4, -0.2) is 17.8 Å². The minimum Gasteiger partial charge on any atom is -0.462 e. The van der Waals surface area contributed by atoms with E-state index in [2.05, 4.69) is 29.6 Å². The highest BCUT2D eigenvalue weighted by atomic mass is 16.5. The highest BCUT2D eigenvalue weighted by molar-refractivity contribution is 5.90. The van der Waals surface area contributed by atoms with Crippen molar-refractivity contribution >= 4 is 17.4 Å². The molecule has 0 saturated heterocycles. The number of benzene rings is 1. The Kier molecular flexibility index (Phi) is 3.47. The van der Waals surface area contributed by atoms with E-state index in [-0.39, 0.29) is 12.1 Å². The lowest BCUT2D eigenvalue weighted by atomic mass is 9.96. The minimum atomic E-state index is -0.168. The number of ether oxygens (including phenoxy) is 1. The normalized spacial score (nSPS) is 29.7. The van der Waals surface area contributed by atoms with E-state index in [0.717, 1.165) is 24.9 Å². The van der Waals surface area contributed by atoms with Crippen LogP contribution in [-0.2, 0) is 9.53 Å². The lowest BCUT2D eigenvalue weighted by molar-refractivity contribution is -0.148. The molecule has 0 unspecified atom stereocenters. The Morgan fingerprint density at radius 1 is 1.30 bits per heavy atom. The highest BCUT2D eigenvalue weighted by Gasteiger charge is 2.45. The standard InChI is InChI=1S/C16H20N2O2/c1-10-3-5-14(6-4-10)17-18-15-8-13-7-12(15)9-16(13)20-11(2)19/h3-6,12-13,16-17H,7-9H2,1-2H3/b18-15+/t12-,13-,16+/m1/s1. The second kappa shape index (κ2) is 5.27. The molecule has 2 saturated carbocycles. The van der Waals surface area contributed by atoms with Crippen molar-refractivity contribution in [3.05, 3.63) is 29.8 Å². The summed E-state index contributed by atoms with van der Waals surface area (Å²) in [5.74, 6) is 0.767. The summed E-state index contributed by atoms with van der Waals surface area (Å²) in [6, 6.07) is 8.21. The maximum atomic E-state index is 11.0. The average molecular weight is 272 g/mol. The first-order chi connectivity index (χ1) is 9.61. The second-order valence-electron chi connectivity index (χ2n) is 5.86. The number of hydrazone groups is 1. The molecule has 2 aliphatic rings. The van der Waals surface area contributed by atoms with Crippen LogP contribution >= 0.6 is 0 Å². The molecule has 1 N–H and O–H groups in total. The molecule has 2 bridgehead atoms. The van der Waals surface area contributed by atoms with Crippen LogP contribution < -0.4 is 5.43 Å². The monoisotopic (exact) mass is 272 g/mol. The number of hydrogen-bond donors (Lipinski definition) is 1. The van der Waals surface area contributed by atoms with E-state index in [0.29, 0.717) is 11.8 Å². The molecule has 2 aliphatic carbocycles. The first kappa shape index (κ1) is 13.2. The first-order valence-corrected chi connectivity index (χ1v) is 7.18. The third-order valence-corrected chi connectivity index (χ3v) is 4.27. The summed E-state index contributed by atoms with van der Waals surface area (Å²) in [5.41, 5.74) is 6.61. The predicted octanol–water partition coefficient (Wildman–Crippen LogP) is 3.12. The molecule has 0 aliphatic heterocycles. The van der Waals surface area contributed by atoms with Crippen LogP contribution in [0.3, 0.4) is 0 Å². The SMILES string of the molecule is CC(=O)O[C@H]1C[C@H]2C[C@@H]1C/C2=N\Nc1ccc(C)cc1. The van der Waals surface area contributed by atoms with Gasteiger partial charge < -0.3 is 4.74 Å². The largest absolute Gasteiger partial charge is 0.462 e. The Hall–Kier alpha value is -1.84. The van der Waals surface area contributed by atoms with Gasteiger partial charge >= 0.3 is 5.97 Å². The van der Waals surface area contributed by atoms with Gasteiger partial charge in [0.1, 0.15) is 6.10 Å². The Labute approximate surface area is 119 Å². The Balaban J connectivity index is 1.60. The smallest absolute Gasteiger partial charge is 0.302 e. The number of anilines is 1. The number of nitrogens with one attached hydrogen (secondary N) is 1. The number of aryl methyl sites for hydroxylation is 1. The average Bonchev–Trinajstić information content (AvgIpc) is 2.97. The topological polar surface area (TPSA) is 50.7 Å². The maximum Gasteiger partial charge on any atom is 0.302 e. The van der Waals surface area contributed by atoms with Crippen LogP contribution in [0, 0.1) is 18.8 Å². The molecule has 0 amide bonds. The molecule has 2 fully saturated rings. The molecular formula is C16H20N2O2. The molecule has 20 heavy (non-hydrogen) atoms. The van der Waals surface area contributed by atoms with E-state index in [4.69, 9.17) is 4.74 Å². The Morgan fingerprint density at radius 3 is 2.65 bits per heavy atom. The molecule has 4 heteroatoms. The van der Waals surface area contributed by atoms with Gasteiger partial charge in [0.05, 0.1) is 5.69 Å². The van der Waals surface area contributed by atoms with Gasteiger partial charge in [0.25, 0.3) is 0 Å². The van der Waals surface area contributed by atoms with E-state index in [9.17, 15) is 4.79 Å². The van der Waals surface area contributed by atoms with Crippen LogP contribution in [0.1, 0.15) is 31.7 Å². The minimum absolute atomic E-state index is 0.107. The number of hydrogen-bond acceptors (Lipinski definition) is 4. The van der Waals surface area contributed by atoms with Gasteiger partial charge in [-0.05, 0) is 38.3 Å². The second-order valence-corrected chi connectivity index (χ2v) is 5.86. The summed E-state index contributed by atoms with van der Waals surface area (Å²) >= 11 is 0. The van der Waals surface area contributed by atoms with Crippen molar-refractivity contribution in [1.29, 1.82) is 0 Å². The fraction of sp³-hybridized carbons (Fsp3) is 0.500. The van der Waals surface area contributed by atoms with Gasteiger partial charge in [-0.1, -0.05) is 17.7 Å². The quantitative estimate of drug-likeness (QED) is 0.679. The summed E-state index contributed by atoms with van der Waals surface area (Å²) in [6.07, 6.45) is 3.09. The van der Waals surface area contributed by atoms with Crippen LogP contribution in [0.4, 0.5) is 5.69 Å². The summed E-state index contributed by atoms with van der Waals surface area (Å²) < 4.78 is 5.36. The molecule has 3 rings (SSSR count). The van der Waals surface area contributed by atoms with Gasteiger partial charge in [-0.25, -0.2) is 0 Å². The Morgan fingerprint density at radius 2 is 2.05 bits per heavy atom. The number of carbonyl (C=O) groups is 1. The molecule has 106 valence electrons. The third kappa shape index (κ3) is 2.69. The number of nitrogens with zero attached hydrogens (tertiary/aromatic N) is 1. The summed E-state index contributed by atoms with van der Waals surface area (Å²) in [4.78, 5) is 11.0. The molecule has 1 aromatic carbocycles. The fourth-order valence-corrected chi connectivity index (χ4v) is 3.27. The lowest BCUT2D eigenvalue weighted by Gasteiger charge is -2.22. The van der Waals surface area contributed by atoms with Crippen molar-refractivity contribution in [3.63, 3.8) is 0 Å². The first-order valence-electron chi connectivity index (χ1n) is 7.18. The number of rotatable bonds is 3. The van der Waals surface area contributed by atoms with E-state index in [1.807, 2.05) is 12.1 Å². The fourth-order valence-electron chi connectivity index (χ4n) is 3.27. The van der Waals surface area contributed by atoms with Gasteiger partial charge in [-0.3, -0.25) is 10.2 Å². The maximum absolute atomic E-state index is 11.0. The van der Waals surface area contributed by atoms with E-state index in [1.54, 1.807) is 0 Å². The van der Waals surface area contributed by atoms with Crippen LogP contribution in [0.25, 0.3) is 0 Å². The van der Waals surface area contributed by atoms with Crippen molar-refractivity contribution in [3.8, 4) is 0 Å². The van der Waals surface area contributed by atoms with E-state index in [1.165, 1.54) is 18.2 Å². The molecule has 0 spiro atoms. The van der Waals surface area contributed by atoms with Gasteiger partial charge in [0.2, 0.25) is 0 Å². The summed E-state index contributed by atoms with van der Waals surface area (Å²) in [5, 5.41) is 4.55. The third-order valence-electron chi connectivity index (χ3n) is 4.27. The molecule has 1 aromatic rings. The number of carbonyl (C=O) groups excluding carboxylic acids is 1. The molecule has 4 nitrogen and oxygen atoms in total. The molecule has 3 atom stereocenters. The van der Waals surface area contributed by atoms with Gasteiger partial charge in [0.15, 0.2) is 0 Å². The van der Waals surface area contributed by atoms with Crippen molar-refractivity contribution < 1.29 is 9.53 Å². The highest BCUT2D eigenvalue weighted by Crippen LogP contribution is 2.44. The predicted molar refractivity (Wildman–Crippen MR) is 78.6 cm³/mol. The zero-order chi connectivity index (χ0) is 14.1. The molecule has 0 heterocycles. The summed E-state index contributed by atoms with van der Waals surface area (Å²) in [6.45, 7) is 3.56. The van der Waals surface area contributed by atoms with Crippen LogP contribution in [0.2, 0.25) is 0 Å².